The average Bonchev–Trinajstić information content (AvgIpc) is 3.61. The number of hydrogen-bond acceptors (Lipinski definition) is 4. The van der Waals surface area contributed by atoms with Crippen LogP contribution in [0.4, 0.5) is 10.1 Å². The topological polar surface area (TPSA) is 90.3 Å². The van der Waals surface area contributed by atoms with Crippen LogP contribution in [0.5, 0.6) is 0 Å². The van der Waals surface area contributed by atoms with Crippen LogP contribution in [-0.2, 0) is 26.8 Å². The lowest BCUT2D eigenvalue weighted by Gasteiger charge is -2.22. The summed E-state index contributed by atoms with van der Waals surface area (Å²) in [5.41, 5.74) is 1.72. The number of nitriles is 1. The summed E-state index contributed by atoms with van der Waals surface area (Å²) in [5.74, 6) is -1.06. The molecule has 4 rings (SSSR count). The van der Waals surface area contributed by atoms with Gasteiger partial charge in [0.2, 0.25) is 15.9 Å². The lowest BCUT2D eigenvalue weighted by Crippen LogP contribution is -2.37. The molecule has 0 unspecified atom stereocenters. The first kappa shape index (κ1) is 22.6. The number of rotatable bonds is 8. The number of anilines is 1. The highest BCUT2D eigenvalue weighted by molar-refractivity contribution is 7.89. The summed E-state index contributed by atoms with van der Waals surface area (Å²) < 4.78 is 40.8. The van der Waals surface area contributed by atoms with E-state index >= 15 is 0 Å². The second-order valence-electron chi connectivity index (χ2n) is 8.03. The molecule has 8 heteroatoms. The van der Waals surface area contributed by atoms with Gasteiger partial charge in [-0.15, -0.1) is 0 Å². The van der Waals surface area contributed by atoms with Crippen LogP contribution in [0.3, 0.4) is 0 Å². The summed E-state index contributed by atoms with van der Waals surface area (Å²) in [6.45, 7) is -0.434. The summed E-state index contributed by atoms with van der Waals surface area (Å²) in [5, 5.41) is 12.0. The minimum Gasteiger partial charge on any atom is -0.325 e. The van der Waals surface area contributed by atoms with Gasteiger partial charge in [-0.1, -0.05) is 42.5 Å². The predicted octanol–water partition coefficient (Wildman–Crippen LogP) is 4.21. The van der Waals surface area contributed by atoms with Gasteiger partial charge in [0, 0.05) is 12.2 Å². The van der Waals surface area contributed by atoms with Crippen LogP contribution in [0.15, 0.2) is 83.8 Å². The van der Waals surface area contributed by atoms with E-state index in [1.807, 2.05) is 18.2 Å². The molecule has 0 saturated heterocycles. The molecule has 1 saturated carbocycles. The SMILES string of the molecule is N#CC1(c2ccc(NC(=O)CN(Cc3ccccc3)S(=O)(=O)c3ccc(F)cc3)cc2)CC1. The quantitative estimate of drug-likeness (QED) is 0.542. The van der Waals surface area contributed by atoms with Gasteiger partial charge in [0.1, 0.15) is 5.82 Å². The Morgan fingerprint density at radius 3 is 2.21 bits per heavy atom. The van der Waals surface area contributed by atoms with Gasteiger partial charge in [-0.05, 0) is 60.4 Å². The summed E-state index contributed by atoms with van der Waals surface area (Å²) in [7, 11) is -4.05. The second-order valence-corrected chi connectivity index (χ2v) is 9.97. The number of carbonyl (C=O) groups is 1. The van der Waals surface area contributed by atoms with Crippen molar-refractivity contribution in [1.29, 1.82) is 5.26 Å². The fourth-order valence-corrected chi connectivity index (χ4v) is 4.98. The molecule has 0 heterocycles. The zero-order valence-corrected chi connectivity index (χ0v) is 18.6. The molecule has 3 aromatic rings. The molecule has 1 N–H and O–H groups in total. The van der Waals surface area contributed by atoms with Crippen molar-refractivity contribution in [1.82, 2.24) is 4.31 Å². The maximum absolute atomic E-state index is 13.3. The van der Waals surface area contributed by atoms with E-state index in [9.17, 15) is 22.9 Å². The maximum Gasteiger partial charge on any atom is 0.243 e. The third kappa shape index (κ3) is 5.11. The first-order valence-electron chi connectivity index (χ1n) is 10.4. The van der Waals surface area contributed by atoms with Crippen molar-refractivity contribution in [2.75, 3.05) is 11.9 Å². The molecule has 1 fully saturated rings. The van der Waals surface area contributed by atoms with Crippen LogP contribution in [0.2, 0.25) is 0 Å². The molecule has 0 atom stereocenters. The zero-order chi connectivity index (χ0) is 23.5. The first-order chi connectivity index (χ1) is 15.8. The van der Waals surface area contributed by atoms with Crippen LogP contribution in [0, 0.1) is 17.1 Å². The molecule has 1 aliphatic rings. The highest BCUT2D eigenvalue weighted by Crippen LogP contribution is 2.47. The van der Waals surface area contributed by atoms with Gasteiger partial charge in [-0.2, -0.15) is 9.57 Å². The van der Waals surface area contributed by atoms with Crippen LogP contribution in [-0.4, -0.2) is 25.2 Å². The number of nitrogens with zero attached hydrogens (tertiary/aromatic N) is 2. The number of hydrogen-bond donors (Lipinski definition) is 1. The standard InChI is InChI=1S/C25H22FN3O3S/c26-21-8-12-23(13-9-21)33(31,32)29(16-19-4-2-1-3-5-19)17-24(30)28-22-10-6-20(7-11-22)25(18-27)14-15-25/h1-13H,14-17H2,(H,28,30). The summed E-state index contributed by atoms with van der Waals surface area (Å²) in [6.07, 6.45) is 1.65. The van der Waals surface area contributed by atoms with Gasteiger partial charge >= 0.3 is 0 Å². The Bertz CT molecular complexity index is 1280. The first-order valence-corrected chi connectivity index (χ1v) is 11.9. The molecule has 33 heavy (non-hydrogen) atoms. The summed E-state index contributed by atoms with van der Waals surface area (Å²) >= 11 is 0. The maximum atomic E-state index is 13.3. The van der Waals surface area contributed by atoms with E-state index in [0.29, 0.717) is 11.3 Å². The largest absolute Gasteiger partial charge is 0.325 e. The number of nitrogens with one attached hydrogen (secondary N) is 1. The Morgan fingerprint density at radius 2 is 1.64 bits per heavy atom. The number of carbonyl (C=O) groups excluding carboxylic acids is 1. The van der Waals surface area contributed by atoms with Crippen molar-refractivity contribution in [2.24, 2.45) is 0 Å². The van der Waals surface area contributed by atoms with Gasteiger partial charge in [-0.3, -0.25) is 4.79 Å². The lowest BCUT2D eigenvalue weighted by atomic mass is 9.98. The molecule has 0 radical (unpaired) electrons. The minimum absolute atomic E-state index is 0.0163. The van der Waals surface area contributed by atoms with Crippen LogP contribution in [0.25, 0.3) is 0 Å². The van der Waals surface area contributed by atoms with E-state index in [1.54, 1.807) is 36.4 Å². The normalized spacial score (nSPS) is 14.5. The number of benzene rings is 3. The predicted molar refractivity (Wildman–Crippen MR) is 122 cm³/mol. The molecule has 168 valence electrons. The number of halogens is 1. The summed E-state index contributed by atoms with van der Waals surface area (Å²) in [4.78, 5) is 12.7. The molecule has 1 aliphatic carbocycles. The molecule has 0 aromatic heterocycles. The van der Waals surface area contributed by atoms with Crippen molar-refractivity contribution >= 4 is 21.6 Å². The van der Waals surface area contributed by atoms with Gasteiger partial charge in [0.05, 0.1) is 22.9 Å². The summed E-state index contributed by atoms with van der Waals surface area (Å²) in [6, 6.07) is 22.8. The van der Waals surface area contributed by atoms with E-state index < -0.39 is 33.7 Å². The third-order valence-corrected chi connectivity index (χ3v) is 7.46. The zero-order valence-electron chi connectivity index (χ0n) is 17.7. The van der Waals surface area contributed by atoms with E-state index in [1.165, 1.54) is 12.1 Å². The molecular weight excluding hydrogens is 441 g/mol. The molecule has 0 bridgehead atoms. The number of sulfonamides is 1. The number of amides is 1. The minimum atomic E-state index is -4.05. The Morgan fingerprint density at radius 1 is 1.00 bits per heavy atom. The highest BCUT2D eigenvalue weighted by atomic mass is 32.2. The molecule has 0 aliphatic heterocycles. The molecule has 0 spiro atoms. The van der Waals surface area contributed by atoms with Crippen LogP contribution < -0.4 is 5.32 Å². The monoisotopic (exact) mass is 463 g/mol. The fraction of sp³-hybridized carbons (Fsp3) is 0.200. The van der Waals surface area contributed by atoms with Gasteiger partial charge < -0.3 is 5.32 Å². The molecule has 1 amide bonds. The fourth-order valence-electron chi connectivity index (χ4n) is 3.59. The van der Waals surface area contributed by atoms with Gasteiger partial charge in [-0.25, -0.2) is 12.8 Å². The average molecular weight is 464 g/mol. The Hall–Kier alpha value is -3.54. The van der Waals surface area contributed by atoms with Crippen molar-refractivity contribution in [3.8, 4) is 6.07 Å². The van der Waals surface area contributed by atoms with Crippen molar-refractivity contribution in [2.45, 2.75) is 29.7 Å². The van der Waals surface area contributed by atoms with Crippen molar-refractivity contribution < 1.29 is 17.6 Å². The Labute approximate surface area is 192 Å². The third-order valence-electron chi connectivity index (χ3n) is 5.66. The van der Waals surface area contributed by atoms with E-state index in [-0.39, 0.29) is 11.4 Å². The highest BCUT2D eigenvalue weighted by Gasteiger charge is 2.44. The Balaban J connectivity index is 1.52. The second kappa shape index (κ2) is 9.14. The van der Waals surface area contributed by atoms with Gasteiger partial charge in [0.15, 0.2) is 0 Å². The van der Waals surface area contributed by atoms with E-state index in [4.69, 9.17) is 0 Å². The molecule has 6 nitrogen and oxygen atoms in total. The lowest BCUT2D eigenvalue weighted by molar-refractivity contribution is -0.116. The van der Waals surface area contributed by atoms with Crippen LogP contribution in [0.1, 0.15) is 24.0 Å². The molecular formula is C25H22FN3O3S. The van der Waals surface area contributed by atoms with E-state index in [0.717, 1.165) is 34.8 Å². The van der Waals surface area contributed by atoms with Crippen LogP contribution >= 0.6 is 0 Å². The molecule has 3 aromatic carbocycles. The Kier molecular flexibility index (Phi) is 6.27. The van der Waals surface area contributed by atoms with E-state index in [2.05, 4.69) is 11.4 Å². The van der Waals surface area contributed by atoms with Gasteiger partial charge in [0.25, 0.3) is 0 Å². The van der Waals surface area contributed by atoms with Crippen molar-refractivity contribution in [3.63, 3.8) is 0 Å². The smallest absolute Gasteiger partial charge is 0.243 e. The van der Waals surface area contributed by atoms with Crippen molar-refractivity contribution in [3.05, 3.63) is 95.8 Å².